The van der Waals surface area contributed by atoms with Crippen LogP contribution in [-0.2, 0) is 0 Å². The molecule has 0 atom stereocenters. The number of carbonyl (C=O) groups excluding carboxylic acids is 1. The molecule has 0 fully saturated rings. The molecule has 5 nitrogen and oxygen atoms in total. The highest BCUT2D eigenvalue weighted by Gasteiger charge is 2.07. The topological polar surface area (TPSA) is 80.6 Å². The molecule has 1 aromatic carbocycles. The number of primary amides is 1. The van der Waals surface area contributed by atoms with Crippen LogP contribution in [0.2, 0.25) is 0 Å². The monoisotopic (exact) mass is 321 g/mol. The normalized spacial score (nSPS) is 10.8. The summed E-state index contributed by atoms with van der Waals surface area (Å²) in [6.45, 7) is 2.02. The number of amides is 2. The fourth-order valence-electron chi connectivity index (χ4n) is 1.55. The van der Waals surface area contributed by atoms with Gasteiger partial charge in [-0.1, -0.05) is 22.0 Å². The molecule has 0 spiro atoms. The van der Waals surface area contributed by atoms with E-state index in [-0.39, 0.29) is 0 Å². The summed E-state index contributed by atoms with van der Waals surface area (Å²) in [7, 11) is 0. The molecule has 0 aliphatic carbocycles. The summed E-state index contributed by atoms with van der Waals surface area (Å²) in [5.74, 6) is 1.24. The van der Waals surface area contributed by atoms with Crippen LogP contribution in [0.1, 0.15) is 11.3 Å². The van der Waals surface area contributed by atoms with Crippen molar-refractivity contribution in [1.82, 2.24) is 5.43 Å². The molecule has 2 amide bonds. The molecule has 3 N–H and O–H groups in total. The van der Waals surface area contributed by atoms with E-state index in [9.17, 15) is 4.79 Å². The predicted octanol–water partition coefficient (Wildman–Crippen LogP) is 3.02. The van der Waals surface area contributed by atoms with Gasteiger partial charge in [-0.15, -0.1) is 0 Å². The Hall–Kier alpha value is -2.08. The predicted molar refractivity (Wildman–Crippen MR) is 76.9 cm³/mol. The number of hydrogen-bond donors (Lipinski definition) is 2. The lowest BCUT2D eigenvalue weighted by atomic mass is 10.1. The molecule has 6 heteroatoms. The van der Waals surface area contributed by atoms with Gasteiger partial charge < -0.3 is 10.2 Å². The lowest BCUT2D eigenvalue weighted by Gasteiger charge is -2.01. The number of aryl methyl sites for hydroxylation is 1. The molecule has 98 valence electrons. The average Bonchev–Trinajstić information content (AvgIpc) is 2.77. The minimum absolute atomic E-state index is 0.524. The lowest BCUT2D eigenvalue weighted by molar-refractivity contribution is 0.249. The van der Waals surface area contributed by atoms with Crippen LogP contribution in [0.3, 0.4) is 0 Å². The van der Waals surface area contributed by atoms with Crippen molar-refractivity contribution in [3.8, 4) is 11.3 Å². The third-order valence-electron chi connectivity index (χ3n) is 2.38. The number of nitrogens with two attached hydrogens (primary N) is 1. The van der Waals surface area contributed by atoms with Gasteiger partial charge >= 0.3 is 6.03 Å². The van der Waals surface area contributed by atoms with E-state index in [0.717, 1.165) is 15.6 Å². The molecule has 1 aromatic heterocycles. The molecular formula is C13H12BrN3O2. The van der Waals surface area contributed by atoms with Crippen LogP contribution in [0.4, 0.5) is 4.79 Å². The van der Waals surface area contributed by atoms with Crippen molar-refractivity contribution in [2.45, 2.75) is 6.92 Å². The number of benzene rings is 1. The fraction of sp³-hybridized carbons (Fsp3) is 0.0769. The Kier molecular flexibility index (Phi) is 4.01. The van der Waals surface area contributed by atoms with Gasteiger partial charge in [0.1, 0.15) is 11.5 Å². The van der Waals surface area contributed by atoms with Gasteiger partial charge in [-0.05, 0) is 36.8 Å². The molecule has 19 heavy (non-hydrogen) atoms. The quantitative estimate of drug-likeness (QED) is 0.673. The van der Waals surface area contributed by atoms with Gasteiger partial charge in [0.2, 0.25) is 0 Å². The van der Waals surface area contributed by atoms with Gasteiger partial charge in [0.15, 0.2) is 0 Å². The molecular weight excluding hydrogens is 310 g/mol. The van der Waals surface area contributed by atoms with Crippen molar-refractivity contribution in [1.29, 1.82) is 0 Å². The SMILES string of the molecule is Cc1ccc(-c2ccc(C=NNC(N)=O)o2)c(Br)c1. The van der Waals surface area contributed by atoms with Crippen molar-refractivity contribution in [3.63, 3.8) is 0 Å². The molecule has 2 aromatic rings. The Balaban J connectivity index is 2.21. The number of carbonyl (C=O) groups is 1. The first-order valence-electron chi connectivity index (χ1n) is 5.51. The number of rotatable bonds is 3. The van der Waals surface area contributed by atoms with Gasteiger partial charge in [-0.3, -0.25) is 0 Å². The second-order valence-electron chi connectivity index (χ2n) is 3.92. The number of hydrogen-bond acceptors (Lipinski definition) is 3. The zero-order valence-corrected chi connectivity index (χ0v) is 11.8. The maximum Gasteiger partial charge on any atom is 0.332 e. The van der Waals surface area contributed by atoms with Crippen LogP contribution in [0.25, 0.3) is 11.3 Å². The van der Waals surface area contributed by atoms with E-state index in [1.165, 1.54) is 6.21 Å². The maximum atomic E-state index is 10.5. The highest BCUT2D eigenvalue weighted by atomic mass is 79.9. The summed E-state index contributed by atoms with van der Waals surface area (Å²) >= 11 is 3.50. The summed E-state index contributed by atoms with van der Waals surface area (Å²) in [5, 5.41) is 3.63. The number of hydrazone groups is 1. The van der Waals surface area contributed by atoms with Crippen LogP contribution in [-0.4, -0.2) is 12.2 Å². The smallest absolute Gasteiger partial charge is 0.332 e. The van der Waals surface area contributed by atoms with E-state index in [1.54, 1.807) is 6.07 Å². The highest BCUT2D eigenvalue weighted by molar-refractivity contribution is 9.10. The standard InChI is InChI=1S/C13H12BrN3O2/c1-8-2-4-10(11(14)6-8)12-5-3-9(19-12)7-16-17-13(15)18/h2-7H,1H3,(H3,15,17,18). The first-order chi connectivity index (χ1) is 9.06. The van der Waals surface area contributed by atoms with Crippen LogP contribution in [0.15, 0.2) is 44.3 Å². The van der Waals surface area contributed by atoms with Gasteiger partial charge in [0.05, 0.1) is 6.21 Å². The third-order valence-corrected chi connectivity index (χ3v) is 3.04. The molecule has 0 saturated carbocycles. The van der Waals surface area contributed by atoms with Crippen molar-refractivity contribution in [2.24, 2.45) is 10.8 Å². The fourth-order valence-corrected chi connectivity index (χ4v) is 2.24. The van der Waals surface area contributed by atoms with Crippen molar-refractivity contribution in [2.75, 3.05) is 0 Å². The van der Waals surface area contributed by atoms with Crippen LogP contribution >= 0.6 is 15.9 Å². The van der Waals surface area contributed by atoms with Crippen LogP contribution < -0.4 is 11.2 Å². The average molecular weight is 322 g/mol. The minimum atomic E-state index is -0.718. The molecule has 0 aliphatic rings. The molecule has 0 aliphatic heterocycles. The Morgan fingerprint density at radius 1 is 1.42 bits per heavy atom. The highest BCUT2D eigenvalue weighted by Crippen LogP contribution is 2.30. The third kappa shape index (κ3) is 3.45. The van der Waals surface area contributed by atoms with Crippen molar-refractivity contribution in [3.05, 3.63) is 46.1 Å². The summed E-state index contributed by atoms with van der Waals surface area (Å²) < 4.78 is 6.56. The Morgan fingerprint density at radius 2 is 2.21 bits per heavy atom. The number of nitrogens with zero attached hydrogens (tertiary/aromatic N) is 1. The number of urea groups is 1. The minimum Gasteiger partial charge on any atom is -0.455 e. The van der Waals surface area contributed by atoms with Gasteiger partial charge in [-0.2, -0.15) is 5.10 Å². The van der Waals surface area contributed by atoms with Gasteiger partial charge in [0.25, 0.3) is 0 Å². The second-order valence-corrected chi connectivity index (χ2v) is 4.77. The molecule has 2 rings (SSSR count). The zero-order valence-electron chi connectivity index (χ0n) is 10.2. The van der Waals surface area contributed by atoms with E-state index in [1.807, 2.05) is 31.2 Å². The number of furan rings is 1. The summed E-state index contributed by atoms with van der Waals surface area (Å²) in [4.78, 5) is 10.5. The lowest BCUT2D eigenvalue weighted by Crippen LogP contribution is -2.24. The van der Waals surface area contributed by atoms with Crippen LogP contribution in [0, 0.1) is 6.92 Å². The second kappa shape index (κ2) is 5.71. The van der Waals surface area contributed by atoms with Crippen molar-refractivity contribution < 1.29 is 9.21 Å². The molecule has 0 unspecified atom stereocenters. The maximum absolute atomic E-state index is 10.5. The van der Waals surface area contributed by atoms with E-state index >= 15 is 0 Å². The van der Waals surface area contributed by atoms with E-state index in [4.69, 9.17) is 10.2 Å². The largest absolute Gasteiger partial charge is 0.455 e. The van der Waals surface area contributed by atoms with E-state index in [2.05, 4.69) is 26.5 Å². The van der Waals surface area contributed by atoms with Crippen LogP contribution in [0.5, 0.6) is 0 Å². The Morgan fingerprint density at radius 3 is 2.89 bits per heavy atom. The van der Waals surface area contributed by atoms with Gasteiger partial charge in [0, 0.05) is 10.0 Å². The number of nitrogens with one attached hydrogen (secondary N) is 1. The first kappa shape index (κ1) is 13.4. The summed E-state index contributed by atoms with van der Waals surface area (Å²) in [5.41, 5.74) is 9.10. The van der Waals surface area contributed by atoms with E-state index in [0.29, 0.717) is 11.5 Å². The Labute approximate surface area is 118 Å². The molecule has 0 saturated heterocycles. The van der Waals surface area contributed by atoms with E-state index < -0.39 is 6.03 Å². The zero-order chi connectivity index (χ0) is 13.8. The summed E-state index contributed by atoms with van der Waals surface area (Å²) in [6, 6.07) is 8.87. The molecule has 1 heterocycles. The molecule has 0 bridgehead atoms. The first-order valence-corrected chi connectivity index (χ1v) is 6.30. The van der Waals surface area contributed by atoms with Crippen molar-refractivity contribution >= 4 is 28.2 Å². The Bertz CT molecular complexity index is 635. The van der Waals surface area contributed by atoms with Gasteiger partial charge in [-0.25, -0.2) is 10.2 Å². The summed E-state index contributed by atoms with van der Waals surface area (Å²) in [6.07, 6.45) is 1.39. The molecule has 0 radical (unpaired) electrons. The number of halogens is 1.